The van der Waals surface area contributed by atoms with Crippen LogP contribution in [0.3, 0.4) is 0 Å². The summed E-state index contributed by atoms with van der Waals surface area (Å²) in [7, 11) is 0. The Morgan fingerprint density at radius 2 is 1.83 bits per heavy atom. The quantitative estimate of drug-likeness (QED) is 0.658. The molecule has 1 aromatic rings. The third kappa shape index (κ3) is 4.86. The number of fused-ring (bicyclic) bond motifs is 3. The summed E-state index contributed by atoms with van der Waals surface area (Å²) in [5.74, 6) is 2.09. The Morgan fingerprint density at radius 3 is 2.57 bits per heavy atom. The van der Waals surface area contributed by atoms with Gasteiger partial charge in [0.05, 0.1) is 18.8 Å². The first kappa shape index (κ1) is 25.0. The van der Waals surface area contributed by atoms with E-state index in [1.807, 2.05) is 35.2 Å². The van der Waals surface area contributed by atoms with Gasteiger partial charge >= 0.3 is 0 Å². The average molecular weight is 486 g/mol. The van der Waals surface area contributed by atoms with E-state index in [0.717, 1.165) is 57.4 Å². The van der Waals surface area contributed by atoms with Gasteiger partial charge in [0.15, 0.2) is 6.29 Å². The van der Waals surface area contributed by atoms with Crippen LogP contribution in [0, 0.1) is 28.6 Å². The summed E-state index contributed by atoms with van der Waals surface area (Å²) in [5.41, 5.74) is -0.222. The van der Waals surface area contributed by atoms with E-state index in [1.54, 1.807) is 0 Å². The number of aliphatic hydroxyl groups excluding tert-OH is 1. The molecule has 0 bridgehead atoms. The largest absolute Gasteiger partial charge is 0.488 e. The summed E-state index contributed by atoms with van der Waals surface area (Å²) in [6, 6.07) is 9.78. The van der Waals surface area contributed by atoms with Crippen LogP contribution in [0.4, 0.5) is 0 Å². The second-order valence-electron chi connectivity index (χ2n) is 12.1. The zero-order chi connectivity index (χ0) is 24.6. The maximum atomic E-state index is 13.3. The van der Waals surface area contributed by atoms with Crippen LogP contribution in [0.1, 0.15) is 65.7 Å². The highest BCUT2D eigenvalue weighted by Gasteiger charge is 2.61. The van der Waals surface area contributed by atoms with Crippen molar-refractivity contribution in [2.75, 3.05) is 26.3 Å². The summed E-state index contributed by atoms with van der Waals surface area (Å²) in [6.45, 7) is 9.61. The molecule has 1 N–H and O–H groups in total. The number of aliphatic hydroxyl groups is 1. The van der Waals surface area contributed by atoms with Crippen LogP contribution < -0.4 is 4.74 Å². The maximum Gasteiger partial charge on any atom is 0.222 e. The number of likely N-dealkylation sites (tertiary alicyclic amines) is 1. The van der Waals surface area contributed by atoms with Crippen LogP contribution in [0.15, 0.2) is 30.3 Å². The Morgan fingerprint density at radius 1 is 1.09 bits per heavy atom. The molecule has 6 nitrogen and oxygen atoms in total. The molecule has 0 aromatic heterocycles. The van der Waals surface area contributed by atoms with Gasteiger partial charge < -0.3 is 24.2 Å². The van der Waals surface area contributed by atoms with Gasteiger partial charge in [0.1, 0.15) is 12.4 Å². The smallest absolute Gasteiger partial charge is 0.222 e. The third-order valence-corrected chi connectivity index (χ3v) is 9.89. The lowest BCUT2D eigenvalue weighted by Crippen LogP contribution is -2.63. The van der Waals surface area contributed by atoms with Crippen LogP contribution in [-0.2, 0) is 14.3 Å². The van der Waals surface area contributed by atoms with Crippen LogP contribution >= 0.6 is 0 Å². The summed E-state index contributed by atoms with van der Waals surface area (Å²) in [6.07, 6.45) is 5.54. The highest BCUT2D eigenvalue weighted by molar-refractivity contribution is 5.76. The predicted octanol–water partition coefficient (Wildman–Crippen LogP) is 4.65. The molecular formula is C29H43NO5. The van der Waals surface area contributed by atoms with Gasteiger partial charge in [-0.25, -0.2) is 0 Å². The van der Waals surface area contributed by atoms with Crippen LogP contribution in [0.2, 0.25) is 0 Å². The molecule has 2 saturated carbocycles. The van der Waals surface area contributed by atoms with E-state index in [4.69, 9.17) is 14.2 Å². The van der Waals surface area contributed by atoms with Crippen molar-refractivity contribution < 1.29 is 24.1 Å². The molecular weight excluding hydrogens is 442 g/mol. The number of hydrogen-bond donors (Lipinski definition) is 1. The van der Waals surface area contributed by atoms with Gasteiger partial charge in [-0.15, -0.1) is 0 Å². The van der Waals surface area contributed by atoms with Crippen LogP contribution in [0.5, 0.6) is 5.75 Å². The first-order chi connectivity index (χ1) is 16.8. The minimum Gasteiger partial charge on any atom is -0.488 e. The number of hydrogen-bond acceptors (Lipinski definition) is 5. The van der Waals surface area contributed by atoms with Crippen molar-refractivity contribution in [3.05, 3.63) is 30.3 Å². The van der Waals surface area contributed by atoms with E-state index in [9.17, 15) is 9.90 Å². The fraction of sp³-hybridized carbons (Fsp3) is 0.759. The van der Waals surface area contributed by atoms with Gasteiger partial charge in [0, 0.05) is 24.9 Å². The zero-order valence-corrected chi connectivity index (χ0v) is 21.7. The number of piperidine rings is 1. The fourth-order valence-electron chi connectivity index (χ4n) is 7.63. The van der Waals surface area contributed by atoms with E-state index in [-0.39, 0.29) is 35.0 Å². The van der Waals surface area contributed by atoms with Gasteiger partial charge in [0.2, 0.25) is 5.91 Å². The van der Waals surface area contributed by atoms with Crippen molar-refractivity contribution in [1.29, 1.82) is 0 Å². The molecule has 5 rings (SSSR count). The Kier molecular flexibility index (Phi) is 7.17. The van der Waals surface area contributed by atoms with Gasteiger partial charge in [-0.1, -0.05) is 39.0 Å². The number of para-hydroxylation sites is 1. The van der Waals surface area contributed by atoms with Crippen molar-refractivity contribution in [3.63, 3.8) is 0 Å². The van der Waals surface area contributed by atoms with Crippen molar-refractivity contribution in [2.24, 2.45) is 28.6 Å². The number of carbonyl (C=O) groups is 1. The summed E-state index contributed by atoms with van der Waals surface area (Å²) in [5, 5.41) is 11.1. The van der Waals surface area contributed by atoms with Gasteiger partial charge in [0.25, 0.3) is 0 Å². The van der Waals surface area contributed by atoms with E-state index in [2.05, 4.69) is 20.8 Å². The molecule has 1 aromatic carbocycles. The van der Waals surface area contributed by atoms with Crippen LogP contribution in [0.25, 0.3) is 0 Å². The monoisotopic (exact) mass is 485 g/mol. The average Bonchev–Trinajstić information content (AvgIpc) is 2.86. The zero-order valence-electron chi connectivity index (χ0n) is 21.7. The number of benzene rings is 1. The summed E-state index contributed by atoms with van der Waals surface area (Å²) in [4.78, 5) is 15.3. The molecule has 194 valence electrons. The molecule has 35 heavy (non-hydrogen) atoms. The lowest BCUT2D eigenvalue weighted by Gasteiger charge is -2.63. The first-order valence-corrected chi connectivity index (χ1v) is 13.7. The molecule has 2 saturated heterocycles. The Bertz CT molecular complexity index is 871. The minimum atomic E-state index is -0.415. The lowest BCUT2D eigenvalue weighted by atomic mass is 9.46. The minimum absolute atomic E-state index is 0.00925. The van der Waals surface area contributed by atoms with Crippen LogP contribution in [-0.4, -0.2) is 60.7 Å². The van der Waals surface area contributed by atoms with Crippen molar-refractivity contribution >= 4 is 5.91 Å². The van der Waals surface area contributed by atoms with Crippen molar-refractivity contribution in [2.45, 2.75) is 84.2 Å². The van der Waals surface area contributed by atoms with Crippen molar-refractivity contribution in [1.82, 2.24) is 4.90 Å². The molecule has 1 amide bonds. The Balaban J connectivity index is 1.25. The standard InChI is InChI=1S/C29H43NO5/c1-20-12-15-30(16-13-20)26(32)17-22-23(31)9-10-24-28(22,2)14-11-25-29(24,3)19-34-27(35-25)18-33-21-7-5-4-6-8-21/h4-8,20,22-25,27,31H,9-19H2,1-3H3/t22-,23-,24-,25-,27-,28+,29+/m1/s1. The second kappa shape index (κ2) is 10.0. The number of ether oxygens (including phenoxy) is 3. The molecule has 2 aliphatic heterocycles. The second-order valence-corrected chi connectivity index (χ2v) is 12.1. The Labute approximate surface area is 210 Å². The molecule has 0 spiro atoms. The van der Waals surface area contributed by atoms with E-state index in [1.165, 1.54) is 0 Å². The van der Waals surface area contributed by atoms with E-state index >= 15 is 0 Å². The molecule has 7 atom stereocenters. The predicted molar refractivity (Wildman–Crippen MR) is 134 cm³/mol. The molecule has 6 heteroatoms. The number of amides is 1. The third-order valence-electron chi connectivity index (χ3n) is 9.89. The molecule has 4 aliphatic rings. The summed E-state index contributed by atoms with van der Waals surface area (Å²) >= 11 is 0. The normalized spacial score (nSPS) is 40.0. The fourth-order valence-corrected chi connectivity index (χ4v) is 7.63. The molecule has 2 heterocycles. The number of rotatable bonds is 5. The topological polar surface area (TPSA) is 68.2 Å². The van der Waals surface area contributed by atoms with Gasteiger partial charge in [-0.3, -0.25) is 4.79 Å². The van der Waals surface area contributed by atoms with E-state index in [0.29, 0.717) is 31.5 Å². The Hall–Kier alpha value is -1.63. The highest BCUT2D eigenvalue weighted by Crippen LogP contribution is 2.62. The molecule has 0 unspecified atom stereocenters. The molecule has 4 fully saturated rings. The van der Waals surface area contributed by atoms with E-state index < -0.39 is 6.10 Å². The summed E-state index contributed by atoms with van der Waals surface area (Å²) < 4.78 is 18.6. The first-order valence-electron chi connectivity index (χ1n) is 13.7. The SMILES string of the molecule is CC1CCN(C(=O)C[C@@H]2[C@H](O)CC[C@H]3[C@]4(C)CO[C@@H](COc5ccccc5)O[C@@H]4CC[C@]32C)CC1. The van der Waals surface area contributed by atoms with Gasteiger partial charge in [-0.05, 0) is 73.8 Å². The highest BCUT2D eigenvalue weighted by atomic mass is 16.7. The number of nitrogens with zero attached hydrogens (tertiary/aromatic N) is 1. The lowest BCUT2D eigenvalue weighted by molar-refractivity contribution is -0.313. The molecule has 2 aliphatic carbocycles. The number of carbonyl (C=O) groups excluding carboxylic acids is 1. The molecule has 0 radical (unpaired) electrons. The van der Waals surface area contributed by atoms with Crippen molar-refractivity contribution in [3.8, 4) is 5.75 Å². The van der Waals surface area contributed by atoms with Gasteiger partial charge in [-0.2, -0.15) is 0 Å². The maximum absolute atomic E-state index is 13.3.